The number of anilines is 2. The Hall–Kier alpha value is -1.17. The van der Waals surface area contributed by atoms with Gasteiger partial charge in [-0.1, -0.05) is 0 Å². The van der Waals surface area contributed by atoms with Crippen molar-refractivity contribution in [2.75, 3.05) is 23.9 Å². The normalized spacial score (nSPS) is 15.8. The number of halogens is 3. The van der Waals surface area contributed by atoms with E-state index in [2.05, 4.69) is 58.4 Å². The molecule has 15 heteroatoms. The Morgan fingerprint density at radius 3 is 1.97 bits per heavy atom. The first-order valence-electron chi connectivity index (χ1n) is 9.24. The van der Waals surface area contributed by atoms with E-state index in [1.54, 1.807) is 0 Å². The number of hydrogen-bond acceptors (Lipinski definition) is 9. The van der Waals surface area contributed by atoms with Crippen LogP contribution in [0.1, 0.15) is 24.2 Å². The molecule has 1 rings (SSSR count). The monoisotopic (exact) mass is 663 g/mol. The van der Waals surface area contributed by atoms with Crippen LogP contribution >= 0.6 is 47.8 Å². The highest BCUT2D eigenvalue weighted by Crippen LogP contribution is 2.47. The largest absolute Gasteiger partial charge is 0.394 e. The van der Waals surface area contributed by atoms with E-state index in [0.717, 1.165) is 4.90 Å². The summed E-state index contributed by atoms with van der Waals surface area (Å²) in [4.78, 5) is 38.4. The lowest BCUT2D eigenvalue weighted by Crippen LogP contribution is -2.50. The molecule has 3 amide bonds. The van der Waals surface area contributed by atoms with Crippen molar-refractivity contribution >= 4 is 76.9 Å². The Morgan fingerprint density at radius 2 is 1.52 bits per heavy atom. The molecular weight excluding hydrogens is 642 g/mol. The fourth-order valence-corrected chi connectivity index (χ4v) is 5.63. The third-order valence-corrected chi connectivity index (χ3v) is 6.78. The van der Waals surface area contributed by atoms with Crippen molar-refractivity contribution in [2.45, 2.75) is 44.5 Å². The van der Waals surface area contributed by atoms with Gasteiger partial charge in [0.1, 0.15) is 24.5 Å². The van der Waals surface area contributed by atoms with Crippen LogP contribution in [0, 0.1) is 0 Å². The number of aliphatic hydroxyl groups excluding tert-OH is 6. The molecule has 5 atom stereocenters. The van der Waals surface area contributed by atoms with Crippen molar-refractivity contribution in [1.29, 1.82) is 0 Å². The van der Waals surface area contributed by atoms with E-state index in [1.165, 1.54) is 20.9 Å². The molecule has 0 heterocycles. The Bertz CT molecular complexity index is 916. The molecule has 5 unspecified atom stereocenters. The van der Waals surface area contributed by atoms with Crippen LogP contribution in [-0.2, 0) is 9.59 Å². The van der Waals surface area contributed by atoms with Crippen LogP contribution in [0.15, 0.2) is 13.4 Å². The van der Waals surface area contributed by atoms with Gasteiger partial charge in [-0.05, 0) is 54.7 Å². The van der Waals surface area contributed by atoms with Gasteiger partial charge in [-0.2, -0.15) is 0 Å². The number of rotatable bonds is 9. The minimum Gasteiger partial charge on any atom is -0.394 e. The number of carbonyl (C=O) groups is 3. The third kappa shape index (κ3) is 6.93. The van der Waals surface area contributed by atoms with E-state index in [-0.39, 0.29) is 30.4 Å². The fraction of sp³-hybridized carbons (Fsp3) is 0.500. The predicted octanol–water partition coefficient (Wildman–Crippen LogP) is -0.601. The average Bonchev–Trinajstić information content (AvgIpc) is 2.73. The molecule has 1 aromatic carbocycles. The molecule has 12 nitrogen and oxygen atoms in total. The second-order valence-electron chi connectivity index (χ2n) is 6.93. The maximum Gasteiger partial charge on any atom is 0.256 e. The first-order chi connectivity index (χ1) is 15.2. The zero-order valence-electron chi connectivity index (χ0n) is 17.6. The van der Waals surface area contributed by atoms with Gasteiger partial charge < -0.3 is 46.2 Å². The second-order valence-corrected chi connectivity index (χ2v) is 9.31. The Kier molecular flexibility index (Phi) is 11.3. The minimum atomic E-state index is -2.26. The molecular formula is C18H24Br3N3O9. The Labute approximate surface area is 214 Å². The number of benzene rings is 1. The van der Waals surface area contributed by atoms with E-state index < -0.39 is 55.0 Å². The highest BCUT2D eigenvalue weighted by Gasteiger charge is 2.36. The molecule has 0 aliphatic rings. The van der Waals surface area contributed by atoms with E-state index in [1.807, 2.05) is 0 Å². The number of amides is 3. The Morgan fingerprint density at radius 1 is 0.970 bits per heavy atom. The van der Waals surface area contributed by atoms with Crippen molar-refractivity contribution in [3.05, 3.63) is 19.0 Å². The summed E-state index contributed by atoms with van der Waals surface area (Å²) in [6.45, 7) is 1.62. The zero-order valence-corrected chi connectivity index (χ0v) is 22.3. The summed E-state index contributed by atoms with van der Waals surface area (Å²) in [7, 11) is 1.40. The van der Waals surface area contributed by atoms with Crippen LogP contribution < -0.4 is 15.5 Å². The van der Waals surface area contributed by atoms with Crippen LogP contribution in [0.25, 0.3) is 0 Å². The van der Waals surface area contributed by atoms with E-state index in [9.17, 15) is 39.9 Å². The SMILES string of the molecule is CC(=O)N(C)c1c(Br)c(NC(=O)C(O)C(O)C(O)C(O)CO)c(Br)c(C(=O)NC(C)O)c1Br. The summed E-state index contributed by atoms with van der Waals surface area (Å²) in [5.41, 5.74) is -0.142. The molecule has 0 saturated carbocycles. The van der Waals surface area contributed by atoms with Crippen LogP contribution in [0.5, 0.6) is 0 Å². The van der Waals surface area contributed by atoms with Gasteiger partial charge in [-0.15, -0.1) is 0 Å². The van der Waals surface area contributed by atoms with Gasteiger partial charge in [0.2, 0.25) is 5.91 Å². The molecule has 8 N–H and O–H groups in total. The summed E-state index contributed by atoms with van der Waals surface area (Å²) in [6.07, 6.45) is -9.52. The molecule has 0 saturated heterocycles. The first-order valence-corrected chi connectivity index (χ1v) is 11.6. The lowest BCUT2D eigenvalue weighted by atomic mass is 10.0. The smallest absolute Gasteiger partial charge is 0.256 e. The van der Waals surface area contributed by atoms with Crippen LogP contribution in [0.3, 0.4) is 0 Å². The van der Waals surface area contributed by atoms with Crippen LogP contribution in [0.2, 0.25) is 0 Å². The van der Waals surface area contributed by atoms with Gasteiger partial charge in [-0.25, -0.2) is 0 Å². The van der Waals surface area contributed by atoms with Gasteiger partial charge >= 0.3 is 0 Å². The topological polar surface area (TPSA) is 200 Å². The lowest BCUT2D eigenvalue weighted by Gasteiger charge is -2.27. The second kappa shape index (κ2) is 12.5. The van der Waals surface area contributed by atoms with Crippen molar-refractivity contribution in [2.24, 2.45) is 0 Å². The highest BCUT2D eigenvalue weighted by atomic mass is 79.9. The number of nitrogens with one attached hydrogen (secondary N) is 2. The quantitative estimate of drug-likeness (QED) is 0.159. The summed E-state index contributed by atoms with van der Waals surface area (Å²) in [5, 5.41) is 62.2. The van der Waals surface area contributed by atoms with Crippen LogP contribution in [0.4, 0.5) is 11.4 Å². The predicted molar refractivity (Wildman–Crippen MR) is 128 cm³/mol. The molecule has 0 aliphatic carbocycles. The molecule has 186 valence electrons. The number of hydrogen-bond donors (Lipinski definition) is 8. The molecule has 0 fully saturated rings. The maximum absolute atomic E-state index is 12.7. The molecule has 0 aromatic heterocycles. The highest BCUT2D eigenvalue weighted by molar-refractivity contribution is 9.12. The maximum atomic E-state index is 12.7. The standard InChI is InChI=1S/C18H24Br3N3O9/c1-5(26)22-17(32)8-9(19)12(11(21)13(10(8)20)24(3)6(2)27)23-18(33)16(31)15(30)14(29)7(28)4-25/h5,7,14-16,25-26,28-31H,4H2,1-3H3,(H,22,32)(H,23,33). The van der Waals surface area contributed by atoms with Crippen molar-refractivity contribution in [3.63, 3.8) is 0 Å². The number of aliphatic hydroxyl groups is 6. The van der Waals surface area contributed by atoms with Crippen molar-refractivity contribution in [3.8, 4) is 0 Å². The van der Waals surface area contributed by atoms with E-state index >= 15 is 0 Å². The van der Waals surface area contributed by atoms with Gasteiger partial charge in [0.05, 0.1) is 37.0 Å². The van der Waals surface area contributed by atoms with E-state index in [4.69, 9.17) is 5.11 Å². The zero-order chi connectivity index (χ0) is 25.8. The molecule has 0 spiro atoms. The molecule has 0 radical (unpaired) electrons. The summed E-state index contributed by atoms with van der Waals surface area (Å²) in [5.74, 6) is -2.46. The van der Waals surface area contributed by atoms with Crippen LogP contribution in [-0.4, -0.2) is 92.7 Å². The summed E-state index contributed by atoms with van der Waals surface area (Å²) in [6, 6.07) is 0. The number of nitrogens with zero attached hydrogens (tertiary/aromatic N) is 1. The lowest BCUT2D eigenvalue weighted by molar-refractivity contribution is -0.144. The molecule has 0 bridgehead atoms. The fourth-order valence-electron chi connectivity index (χ4n) is 2.55. The Balaban J connectivity index is 3.56. The van der Waals surface area contributed by atoms with E-state index in [0.29, 0.717) is 0 Å². The summed E-state index contributed by atoms with van der Waals surface area (Å²) >= 11 is 9.69. The summed E-state index contributed by atoms with van der Waals surface area (Å²) < 4.78 is 0.196. The molecule has 1 aromatic rings. The molecule has 33 heavy (non-hydrogen) atoms. The van der Waals surface area contributed by atoms with Crippen molar-refractivity contribution in [1.82, 2.24) is 5.32 Å². The first kappa shape index (κ1) is 29.9. The number of carbonyl (C=O) groups excluding carboxylic acids is 3. The third-order valence-electron chi connectivity index (χ3n) is 4.44. The van der Waals surface area contributed by atoms with Gasteiger partial charge in [-0.3, -0.25) is 14.4 Å². The van der Waals surface area contributed by atoms with Gasteiger partial charge in [0.25, 0.3) is 11.8 Å². The van der Waals surface area contributed by atoms with Gasteiger partial charge in [0.15, 0.2) is 6.10 Å². The average molecular weight is 666 g/mol. The van der Waals surface area contributed by atoms with Gasteiger partial charge in [0, 0.05) is 14.0 Å². The minimum absolute atomic E-state index is 0.0221. The van der Waals surface area contributed by atoms with Crippen molar-refractivity contribution < 1.29 is 45.0 Å². The molecule has 0 aliphatic heterocycles.